The van der Waals surface area contributed by atoms with Crippen LogP contribution in [0.15, 0.2) is 16.5 Å². The maximum Gasteiger partial charge on any atom is 0.410 e. The van der Waals surface area contributed by atoms with Gasteiger partial charge in [0.25, 0.3) is 0 Å². The SMILES string of the molecule is CC(C)(C)OC(=O)N1CCC(S(=O)Cc2ccc(C(=O)O)o2)CC1. The lowest BCUT2D eigenvalue weighted by Crippen LogP contribution is -2.43. The zero-order valence-corrected chi connectivity index (χ0v) is 14.9. The third kappa shape index (κ3) is 5.09. The van der Waals surface area contributed by atoms with E-state index >= 15 is 0 Å². The van der Waals surface area contributed by atoms with Gasteiger partial charge in [-0.1, -0.05) is 0 Å². The Bertz CT molecular complexity index is 625. The van der Waals surface area contributed by atoms with Crippen LogP contribution in [0.25, 0.3) is 0 Å². The molecule has 1 aliphatic heterocycles. The van der Waals surface area contributed by atoms with Crippen LogP contribution < -0.4 is 0 Å². The van der Waals surface area contributed by atoms with E-state index in [2.05, 4.69) is 0 Å². The summed E-state index contributed by atoms with van der Waals surface area (Å²) < 4.78 is 22.9. The summed E-state index contributed by atoms with van der Waals surface area (Å²) in [5, 5.41) is 8.78. The number of likely N-dealkylation sites (tertiary alicyclic amines) is 1. The van der Waals surface area contributed by atoms with Crippen LogP contribution in [0.4, 0.5) is 4.79 Å². The Morgan fingerprint density at radius 2 is 1.96 bits per heavy atom. The standard InChI is InChI=1S/C16H23NO6S/c1-16(2,3)23-15(20)17-8-6-12(7-9-17)24(21)10-11-4-5-13(22-11)14(18)19/h4-5,12H,6-10H2,1-3H3,(H,18,19). The average molecular weight is 357 g/mol. The predicted molar refractivity (Wildman–Crippen MR) is 88.3 cm³/mol. The quantitative estimate of drug-likeness (QED) is 0.890. The molecule has 8 heteroatoms. The van der Waals surface area contributed by atoms with Crippen molar-refractivity contribution < 1.29 is 28.1 Å². The van der Waals surface area contributed by atoms with E-state index in [0.717, 1.165) is 0 Å². The number of hydrogen-bond acceptors (Lipinski definition) is 5. The van der Waals surface area contributed by atoms with Gasteiger partial charge in [-0.3, -0.25) is 4.21 Å². The number of nitrogens with zero attached hydrogens (tertiary/aromatic N) is 1. The Balaban J connectivity index is 1.84. The van der Waals surface area contributed by atoms with E-state index in [1.807, 2.05) is 20.8 Å². The van der Waals surface area contributed by atoms with Gasteiger partial charge in [-0.05, 0) is 45.7 Å². The van der Waals surface area contributed by atoms with Crippen molar-refractivity contribution in [3.63, 3.8) is 0 Å². The molecule has 1 aliphatic rings. The molecule has 1 saturated heterocycles. The molecule has 7 nitrogen and oxygen atoms in total. The lowest BCUT2D eigenvalue weighted by Gasteiger charge is -2.33. The zero-order valence-electron chi connectivity index (χ0n) is 14.1. The number of amides is 1. The molecule has 0 spiro atoms. The number of aromatic carboxylic acids is 1. The molecular weight excluding hydrogens is 334 g/mol. The molecule has 1 aromatic rings. The van der Waals surface area contributed by atoms with E-state index < -0.39 is 22.4 Å². The second-order valence-corrected chi connectivity index (χ2v) is 8.48. The van der Waals surface area contributed by atoms with Crippen molar-refractivity contribution in [3.05, 3.63) is 23.7 Å². The molecule has 0 aromatic carbocycles. The van der Waals surface area contributed by atoms with E-state index in [0.29, 0.717) is 31.7 Å². The Morgan fingerprint density at radius 3 is 2.46 bits per heavy atom. The Labute approximate surface area is 143 Å². The molecule has 2 heterocycles. The highest BCUT2D eigenvalue weighted by molar-refractivity contribution is 7.84. The van der Waals surface area contributed by atoms with Gasteiger partial charge in [-0.2, -0.15) is 0 Å². The molecule has 1 unspecified atom stereocenters. The van der Waals surface area contributed by atoms with E-state index in [1.54, 1.807) is 4.90 Å². The van der Waals surface area contributed by atoms with Gasteiger partial charge in [0.05, 0.1) is 5.75 Å². The second-order valence-electron chi connectivity index (χ2n) is 6.76. The van der Waals surface area contributed by atoms with Crippen LogP contribution in [0.2, 0.25) is 0 Å². The molecule has 134 valence electrons. The van der Waals surface area contributed by atoms with E-state index in [1.165, 1.54) is 12.1 Å². The summed E-state index contributed by atoms with van der Waals surface area (Å²) in [6.45, 7) is 6.47. The Hall–Kier alpha value is -1.83. The molecule has 0 bridgehead atoms. The number of hydrogen-bond donors (Lipinski definition) is 1. The van der Waals surface area contributed by atoms with Crippen LogP contribution in [0.1, 0.15) is 49.9 Å². The summed E-state index contributed by atoms with van der Waals surface area (Å²) in [6, 6.07) is 2.90. The fourth-order valence-corrected chi connectivity index (χ4v) is 3.86. The highest BCUT2D eigenvalue weighted by Crippen LogP contribution is 2.21. The number of rotatable bonds is 4. The first-order valence-electron chi connectivity index (χ1n) is 7.83. The monoisotopic (exact) mass is 357 g/mol. The summed E-state index contributed by atoms with van der Waals surface area (Å²) in [4.78, 5) is 24.4. The average Bonchev–Trinajstić information content (AvgIpc) is 2.94. The summed E-state index contributed by atoms with van der Waals surface area (Å²) in [6.07, 6.45) is 0.903. The summed E-state index contributed by atoms with van der Waals surface area (Å²) >= 11 is 0. The molecule has 1 aromatic heterocycles. The van der Waals surface area contributed by atoms with Crippen molar-refractivity contribution in [1.29, 1.82) is 0 Å². The molecule has 2 rings (SSSR count). The van der Waals surface area contributed by atoms with Gasteiger partial charge in [-0.25, -0.2) is 9.59 Å². The van der Waals surface area contributed by atoms with Gasteiger partial charge in [0.15, 0.2) is 0 Å². The van der Waals surface area contributed by atoms with Crippen LogP contribution in [-0.4, -0.2) is 50.2 Å². The normalized spacial score (nSPS) is 17.5. The van der Waals surface area contributed by atoms with Gasteiger partial charge in [0.1, 0.15) is 11.4 Å². The van der Waals surface area contributed by atoms with E-state index in [4.69, 9.17) is 14.3 Å². The maximum absolute atomic E-state index is 12.4. The molecular formula is C16H23NO6S. The van der Waals surface area contributed by atoms with Crippen molar-refractivity contribution in [1.82, 2.24) is 4.90 Å². The first kappa shape index (κ1) is 18.5. The summed E-state index contributed by atoms with van der Waals surface area (Å²) in [5.41, 5.74) is -0.530. The number of furan rings is 1. The molecule has 24 heavy (non-hydrogen) atoms. The summed E-state index contributed by atoms with van der Waals surface area (Å²) in [5.74, 6) is -0.704. The minimum atomic E-state index is -1.17. The van der Waals surface area contributed by atoms with Crippen LogP contribution >= 0.6 is 0 Å². The van der Waals surface area contributed by atoms with Crippen molar-refractivity contribution in [2.75, 3.05) is 13.1 Å². The molecule has 1 N–H and O–H groups in total. The third-order valence-electron chi connectivity index (χ3n) is 3.62. The smallest absolute Gasteiger partial charge is 0.410 e. The first-order chi connectivity index (χ1) is 11.2. The topological polar surface area (TPSA) is 97.0 Å². The second kappa shape index (κ2) is 7.38. The van der Waals surface area contributed by atoms with Crippen LogP contribution in [-0.2, 0) is 21.3 Å². The number of carboxylic acid groups (broad SMARTS) is 1. The Morgan fingerprint density at radius 1 is 1.33 bits per heavy atom. The lowest BCUT2D eigenvalue weighted by molar-refractivity contribution is 0.0218. The van der Waals surface area contributed by atoms with Crippen molar-refractivity contribution in [2.24, 2.45) is 0 Å². The molecule has 0 aliphatic carbocycles. The third-order valence-corrected chi connectivity index (χ3v) is 5.41. The Kier molecular flexibility index (Phi) is 5.69. The van der Waals surface area contributed by atoms with Crippen molar-refractivity contribution in [3.8, 4) is 0 Å². The first-order valence-corrected chi connectivity index (χ1v) is 9.21. The molecule has 1 fully saturated rings. The highest BCUT2D eigenvalue weighted by atomic mass is 32.2. The molecule has 1 atom stereocenters. The van der Waals surface area contributed by atoms with Crippen LogP contribution in [0.3, 0.4) is 0 Å². The van der Waals surface area contributed by atoms with Gasteiger partial charge in [0, 0.05) is 29.1 Å². The number of carboxylic acids is 1. The largest absolute Gasteiger partial charge is 0.475 e. The van der Waals surface area contributed by atoms with Gasteiger partial charge in [-0.15, -0.1) is 0 Å². The van der Waals surface area contributed by atoms with E-state index in [-0.39, 0.29) is 22.9 Å². The number of ether oxygens (including phenoxy) is 1. The van der Waals surface area contributed by atoms with Crippen molar-refractivity contribution >= 4 is 22.9 Å². The number of carbonyl (C=O) groups is 2. The van der Waals surface area contributed by atoms with E-state index in [9.17, 15) is 13.8 Å². The van der Waals surface area contributed by atoms with Gasteiger partial charge in [0.2, 0.25) is 5.76 Å². The minimum absolute atomic E-state index is 0.0398. The van der Waals surface area contributed by atoms with Crippen LogP contribution in [0.5, 0.6) is 0 Å². The molecule has 0 radical (unpaired) electrons. The minimum Gasteiger partial charge on any atom is -0.475 e. The lowest BCUT2D eigenvalue weighted by atomic mass is 10.1. The summed E-state index contributed by atoms with van der Waals surface area (Å²) in [7, 11) is -1.17. The number of piperidine rings is 1. The number of carbonyl (C=O) groups excluding carboxylic acids is 1. The molecule has 1 amide bonds. The van der Waals surface area contributed by atoms with Crippen LogP contribution in [0, 0.1) is 0 Å². The zero-order chi connectivity index (χ0) is 17.9. The fraction of sp³-hybridized carbons (Fsp3) is 0.625. The predicted octanol–water partition coefficient (Wildman–Crippen LogP) is 2.63. The fourth-order valence-electron chi connectivity index (χ4n) is 2.46. The maximum atomic E-state index is 12.4. The van der Waals surface area contributed by atoms with Gasteiger partial charge < -0.3 is 19.2 Å². The molecule has 0 saturated carbocycles. The van der Waals surface area contributed by atoms with Crippen molar-refractivity contribution in [2.45, 2.75) is 50.2 Å². The highest BCUT2D eigenvalue weighted by Gasteiger charge is 2.29. The van der Waals surface area contributed by atoms with Gasteiger partial charge >= 0.3 is 12.1 Å².